The molecule has 3 nitrogen and oxygen atoms in total. The Morgan fingerprint density at radius 3 is 2.45 bits per heavy atom. The molecular formula is C19H23NO2. The first-order valence-electron chi connectivity index (χ1n) is 8.04. The monoisotopic (exact) mass is 297 g/mol. The second kappa shape index (κ2) is 6.39. The van der Waals surface area contributed by atoms with E-state index >= 15 is 0 Å². The summed E-state index contributed by atoms with van der Waals surface area (Å²) in [4.78, 5) is 11.6. The number of methoxy groups -OCH3 is 1. The van der Waals surface area contributed by atoms with Crippen molar-refractivity contribution in [3.05, 3.63) is 42.0 Å². The molecular weight excluding hydrogens is 274 g/mol. The number of fused-ring (bicyclic) bond motifs is 1. The number of rotatable bonds is 3. The van der Waals surface area contributed by atoms with E-state index in [1.54, 1.807) is 0 Å². The molecule has 2 aromatic rings. The molecule has 0 aliphatic heterocycles. The van der Waals surface area contributed by atoms with E-state index in [4.69, 9.17) is 4.74 Å². The Bertz CT molecular complexity index is 672. The van der Waals surface area contributed by atoms with Crippen LogP contribution in [0.5, 0.6) is 0 Å². The predicted molar refractivity (Wildman–Crippen MR) is 90.3 cm³/mol. The second-order valence-electron chi connectivity index (χ2n) is 6.37. The van der Waals surface area contributed by atoms with Gasteiger partial charge in [-0.3, -0.25) is 0 Å². The minimum absolute atomic E-state index is 0.291. The van der Waals surface area contributed by atoms with Crippen LogP contribution in [0.3, 0.4) is 0 Å². The molecule has 0 aromatic heterocycles. The molecule has 0 radical (unpaired) electrons. The lowest BCUT2D eigenvalue weighted by Gasteiger charge is -2.27. The van der Waals surface area contributed by atoms with Crippen LogP contribution < -0.4 is 5.32 Å². The Kier molecular flexibility index (Phi) is 4.32. The summed E-state index contributed by atoms with van der Waals surface area (Å²) in [6, 6.07) is 12.6. The average Bonchev–Trinajstić information content (AvgIpc) is 2.55. The molecule has 3 rings (SSSR count). The van der Waals surface area contributed by atoms with Crippen LogP contribution in [0.15, 0.2) is 36.4 Å². The van der Waals surface area contributed by atoms with Gasteiger partial charge in [0.15, 0.2) is 0 Å². The number of anilines is 1. The number of hydrogen-bond acceptors (Lipinski definition) is 3. The molecule has 1 aliphatic rings. The zero-order valence-corrected chi connectivity index (χ0v) is 13.3. The zero-order valence-electron chi connectivity index (χ0n) is 13.3. The van der Waals surface area contributed by atoms with Gasteiger partial charge in [-0.05, 0) is 66.6 Å². The lowest BCUT2D eigenvalue weighted by molar-refractivity contribution is 0.0601. The van der Waals surface area contributed by atoms with Crippen LogP contribution in [0.1, 0.15) is 43.0 Å². The molecule has 116 valence electrons. The van der Waals surface area contributed by atoms with E-state index in [9.17, 15) is 4.79 Å². The topological polar surface area (TPSA) is 38.3 Å². The van der Waals surface area contributed by atoms with Crippen LogP contribution in [-0.4, -0.2) is 19.1 Å². The molecule has 1 aliphatic carbocycles. The van der Waals surface area contributed by atoms with Crippen molar-refractivity contribution in [3.63, 3.8) is 0 Å². The van der Waals surface area contributed by atoms with Crippen LogP contribution in [0.25, 0.3) is 10.8 Å². The fourth-order valence-electron chi connectivity index (χ4n) is 3.22. The van der Waals surface area contributed by atoms with E-state index in [2.05, 4.69) is 30.4 Å². The van der Waals surface area contributed by atoms with Crippen molar-refractivity contribution in [1.82, 2.24) is 0 Å². The van der Waals surface area contributed by atoms with E-state index in [1.807, 2.05) is 18.2 Å². The summed E-state index contributed by atoms with van der Waals surface area (Å²) in [6.45, 7) is 2.34. The van der Waals surface area contributed by atoms with Crippen molar-refractivity contribution in [3.8, 4) is 0 Å². The summed E-state index contributed by atoms with van der Waals surface area (Å²) in [7, 11) is 1.41. The molecule has 3 heteroatoms. The average molecular weight is 297 g/mol. The summed E-state index contributed by atoms with van der Waals surface area (Å²) in [5, 5.41) is 5.85. The summed E-state index contributed by atoms with van der Waals surface area (Å²) >= 11 is 0. The van der Waals surface area contributed by atoms with Gasteiger partial charge in [-0.25, -0.2) is 4.79 Å². The number of benzene rings is 2. The van der Waals surface area contributed by atoms with Crippen molar-refractivity contribution >= 4 is 22.4 Å². The number of nitrogens with one attached hydrogen (secondary N) is 1. The lowest BCUT2D eigenvalue weighted by atomic mass is 9.87. The first-order valence-corrected chi connectivity index (χ1v) is 8.04. The highest BCUT2D eigenvalue weighted by molar-refractivity contribution is 5.96. The smallest absolute Gasteiger partial charge is 0.337 e. The molecule has 1 N–H and O–H groups in total. The van der Waals surface area contributed by atoms with Crippen LogP contribution in [-0.2, 0) is 4.74 Å². The lowest BCUT2D eigenvalue weighted by Crippen LogP contribution is -2.25. The van der Waals surface area contributed by atoms with Crippen molar-refractivity contribution in [1.29, 1.82) is 0 Å². The van der Waals surface area contributed by atoms with Gasteiger partial charge in [-0.2, -0.15) is 0 Å². The van der Waals surface area contributed by atoms with Crippen molar-refractivity contribution < 1.29 is 9.53 Å². The SMILES string of the molecule is COC(=O)c1ccc2cc(NC3CCC(C)CC3)ccc2c1. The van der Waals surface area contributed by atoms with E-state index in [-0.39, 0.29) is 5.97 Å². The Hall–Kier alpha value is -2.03. The standard InChI is InChI=1S/C19H23NO2/c1-13-3-8-17(9-4-13)20-18-10-7-14-11-16(19(21)22-2)6-5-15(14)12-18/h5-7,10-13,17,20H,3-4,8-9H2,1-2H3. The molecule has 0 bridgehead atoms. The molecule has 2 aromatic carbocycles. The van der Waals surface area contributed by atoms with Crippen molar-refractivity contribution in [2.75, 3.05) is 12.4 Å². The van der Waals surface area contributed by atoms with E-state index in [0.717, 1.165) is 22.4 Å². The molecule has 1 fully saturated rings. The van der Waals surface area contributed by atoms with Gasteiger partial charge in [0.1, 0.15) is 0 Å². The number of hydrogen-bond donors (Lipinski definition) is 1. The predicted octanol–water partition coefficient (Wildman–Crippen LogP) is 4.62. The maximum absolute atomic E-state index is 11.6. The quantitative estimate of drug-likeness (QED) is 0.840. The van der Waals surface area contributed by atoms with Gasteiger partial charge in [0.25, 0.3) is 0 Å². The van der Waals surface area contributed by atoms with Gasteiger partial charge in [0, 0.05) is 11.7 Å². The maximum atomic E-state index is 11.6. The molecule has 0 heterocycles. The normalized spacial score (nSPS) is 21.5. The molecule has 22 heavy (non-hydrogen) atoms. The zero-order chi connectivity index (χ0) is 15.5. The van der Waals surface area contributed by atoms with Gasteiger partial charge < -0.3 is 10.1 Å². The summed E-state index contributed by atoms with van der Waals surface area (Å²) < 4.78 is 4.77. The molecule has 0 saturated heterocycles. The van der Waals surface area contributed by atoms with Gasteiger partial charge >= 0.3 is 5.97 Å². The fraction of sp³-hybridized carbons (Fsp3) is 0.421. The third kappa shape index (κ3) is 3.24. The molecule has 0 atom stereocenters. The van der Waals surface area contributed by atoms with Crippen LogP contribution in [0.4, 0.5) is 5.69 Å². The highest BCUT2D eigenvalue weighted by atomic mass is 16.5. The van der Waals surface area contributed by atoms with Crippen molar-refractivity contribution in [2.45, 2.75) is 38.6 Å². The molecule has 0 spiro atoms. The summed E-state index contributed by atoms with van der Waals surface area (Å²) in [6.07, 6.45) is 5.13. The third-order valence-corrected chi connectivity index (χ3v) is 4.65. The Morgan fingerprint density at radius 2 is 1.73 bits per heavy atom. The highest BCUT2D eigenvalue weighted by Crippen LogP contribution is 2.27. The van der Waals surface area contributed by atoms with E-state index in [1.165, 1.54) is 32.8 Å². The third-order valence-electron chi connectivity index (χ3n) is 4.65. The fourth-order valence-corrected chi connectivity index (χ4v) is 3.22. The van der Waals surface area contributed by atoms with Gasteiger partial charge in [0.2, 0.25) is 0 Å². The number of ether oxygens (including phenoxy) is 1. The van der Waals surface area contributed by atoms with Gasteiger partial charge in [-0.1, -0.05) is 19.1 Å². The molecule has 0 unspecified atom stereocenters. The first-order chi connectivity index (χ1) is 10.7. The minimum atomic E-state index is -0.291. The Balaban J connectivity index is 1.77. The molecule has 1 saturated carbocycles. The van der Waals surface area contributed by atoms with Crippen LogP contribution >= 0.6 is 0 Å². The first kappa shape index (κ1) is 14.9. The maximum Gasteiger partial charge on any atom is 0.337 e. The number of carbonyl (C=O) groups excluding carboxylic acids is 1. The summed E-state index contributed by atoms with van der Waals surface area (Å²) in [5.41, 5.74) is 1.76. The second-order valence-corrected chi connectivity index (χ2v) is 6.37. The van der Waals surface area contributed by atoms with Gasteiger partial charge in [-0.15, -0.1) is 0 Å². The van der Waals surface area contributed by atoms with Crippen molar-refractivity contribution in [2.24, 2.45) is 5.92 Å². The van der Waals surface area contributed by atoms with Crippen LogP contribution in [0.2, 0.25) is 0 Å². The number of carbonyl (C=O) groups is 1. The molecule has 0 amide bonds. The van der Waals surface area contributed by atoms with Crippen LogP contribution in [0, 0.1) is 5.92 Å². The Labute approximate surface area is 131 Å². The summed E-state index contributed by atoms with van der Waals surface area (Å²) in [5.74, 6) is 0.576. The Morgan fingerprint density at radius 1 is 1.05 bits per heavy atom. The van der Waals surface area contributed by atoms with E-state index < -0.39 is 0 Å². The largest absolute Gasteiger partial charge is 0.465 e. The minimum Gasteiger partial charge on any atom is -0.465 e. The highest BCUT2D eigenvalue weighted by Gasteiger charge is 2.17. The van der Waals surface area contributed by atoms with E-state index in [0.29, 0.717) is 11.6 Å². The number of esters is 1. The van der Waals surface area contributed by atoms with Gasteiger partial charge in [0.05, 0.1) is 12.7 Å².